The average molecular weight is 278 g/mol. The Balaban J connectivity index is 2.34. The first-order chi connectivity index (χ1) is 8.63. The molecule has 0 spiro atoms. The minimum Gasteiger partial charge on any atom is -0.481 e. The highest BCUT2D eigenvalue weighted by Gasteiger charge is 2.28. The minimum atomic E-state index is -1.31. The van der Waals surface area contributed by atoms with Crippen LogP contribution in [-0.2, 0) is 4.79 Å². The van der Waals surface area contributed by atoms with Gasteiger partial charge in [0.15, 0.2) is 0 Å². The molecule has 0 bridgehead atoms. The fourth-order valence-corrected chi connectivity index (χ4v) is 3.55. The summed E-state index contributed by atoms with van der Waals surface area (Å²) < 4.78 is 0. The van der Waals surface area contributed by atoms with Crippen molar-refractivity contribution in [2.75, 3.05) is 0 Å². The molecule has 2 unspecified atom stereocenters. The van der Waals surface area contributed by atoms with Crippen molar-refractivity contribution >= 4 is 28.6 Å². The van der Waals surface area contributed by atoms with E-state index in [4.69, 9.17) is 11.5 Å². The number of terminal acetylenes is 1. The fraction of sp³-hybridized carbons (Fsp3) is 0.154. The highest BCUT2D eigenvalue weighted by atomic mass is 32.1. The first-order valence-corrected chi connectivity index (χ1v) is 6.83. The van der Waals surface area contributed by atoms with Gasteiger partial charge >= 0.3 is 5.97 Å². The van der Waals surface area contributed by atoms with E-state index in [9.17, 15) is 9.90 Å². The minimum absolute atomic E-state index is 0.566. The Kier molecular flexibility index (Phi) is 3.82. The zero-order valence-corrected chi connectivity index (χ0v) is 10.9. The van der Waals surface area contributed by atoms with E-state index in [1.165, 1.54) is 11.3 Å². The number of aliphatic carboxylic acids is 1. The molecule has 5 heteroatoms. The first kappa shape index (κ1) is 12.8. The normalized spacial score (nSPS) is 13.8. The molecule has 2 rings (SSSR count). The van der Waals surface area contributed by atoms with Crippen LogP contribution in [0.15, 0.2) is 29.6 Å². The molecule has 92 valence electrons. The molecule has 0 aliphatic carbocycles. The highest BCUT2D eigenvalue weighted by Crippen LogP contribution is 2.35. The highest BCUT2D eigenvalue weighted by molar-refractivity contribution is 7.21. The third kappa shape index (κ3) is 2.46. The van der Waals surface area contributed by atoms with Crippen LogP contribution in [0.5, 0.6) is 0 Å². The number of carbonyl (C=O) groups is 1. The Morgan fingerprint density at radius 3 is 2.67 bits per heavy atom. The molecule has 18 heavy (non-hydrogen) atoms. The lowest BCUT2D eigenvalue weighted by Gasteiger charge is -2.12. The van der Waals surface area contributed by atoms with Crippen LogP contribution in [0, 0.1) is 12.3 Å². The Morgan fingerprint density at radius 2 is 2.11 bits per heavy atom. The van der Waals surface area contributed by atoms with Crippen molar-refractivity contribution < 1.29 is 15.0 Å². The summed E-state index contributed by atoms with van der Waals surface area (Å²) in [5, 5.41) is 20.7. The maximum Gasteiger partial charge on any atom is 0.315 e. The van der Waals surface area contributed by atoms with Crippen LogP contribution in [0.4, 0.5) is 0 Å². The number of aliphatic hydroxyl groups excluding tert-OH is 1. The zero-order valence-electron chi connectivity index (χ0n) is 9.24. The number of carboxylic acid groups (broad SMARTS) is 1. The van der Waals surface area contributed by atoms with Crippen molar-refractivity contribution in [1.82, 2.24) is 0 Å². The molecular weight excluding hydrogens is 268 g/mol. The van der Waals surface area contributed by atoms with Crippen LogP contribution >= 0.6 is 22.7 Å². The van der Waals surface area contributed by atoms with E-state index in [1.807, 2.05) is 23.6 Å². The van der Waals surface area contributed by atoms with E-state index in [0.717, 1.165) is 9.75 Å². The first-order valence-electron chi connectivity index (χ1n) is 5.14. The molecule has 0 radical (unpaired) electrons. The predicted octanol–water partition coefficient (Wildman–Crippen LogP) is 2.64. The van der Waals surface area contributed by atoms with Gasteiger partial charge in [-0.15, -0.1) is 29.1 Å². The van der Waals surface area contributed by atoms with Gasteiger partial charge in [0.25, 0.3) is 0 Å². The van der Waals surface area contributed by atoms with Crippen LogP contribution < -0.4 is 0 Å². The van der Waals surface area contributed by atoms with Gasteiger partial charge in [-0.1, -0.05) is 12.0 Å². The fourth-order valence-electron chi connectivity index (χ4n) is 1.58. The van der Waals surface area contributed by atoms with Crippen molar-refractivity contribution in [2.24, 2.45) is 0 Å². The number of thiophene rings is 2. The summed E-state index contributed by atoms with van der Waals surface area (Å²) in [6.45, 7) is 0. The summed E-state index contributed by atoms with van der Waals surface area (Å²) in [7, 11) is 0. The number of carboxylic acids is 1. The van der Waals surface area contributed by atoms with Crippen LogP contribution in [0.25, 0.3) is 9.75 Å². The Morgan fingerprint density at radius 1 is 1.33 bits per heavy atom. The average Bonchev–Trinajstić information content (AvgIpc) is 2.98. The maximum atomic E-state index is 11.1. The Bertz CT molecular complexity index is 578. The van der Waals surface area contributed by atoms with E-state index in [0.29, 0.717) is 4.88 Å². The third-order valence-corrected chi connectivity index (χ3v) is 4.68. The van der Waals surface area contributed by atoms with E-state index >= 15 is 0 Å². The van der Waals surface area contributed by atoms with Crippen molar-refractivity contribution in [3.8, 4) is 22.1 Å². The largest absolute Gasteiger partial charge is 0.481 e. The van der Waals surface area contributed by atoms with Gasteiger partial charge in [-0.25, -0.2) is 0 Å². The van der Waals surface area contributed by atoms with Gasteiger partial charge in [-0.3, -0.25) is 4.79 Å². The van der Waals surface area contributed by atoms with Gasteiger partial charge in [0.2, 0.25) is 0 Å². The van der Waals surface area contributed by atoms with Gasteiger partial charge < -0.3 is 10.2 Å². The monoisotopic (exact) mass is 278 g/mol. The van der Waals surface area contributed by atoms with Gasteiger partial charge in [0.05, 0.1) is 0 Å². The molecule has 0 aliphatic rings. The van der Waals surface area contributed by atoms with Crippen LogP contribution in [0.1, 0.15) is 10.8 Å². The maximum absolute atomic E-state index is 11.1. The second kappa shape index (κ2) is 5.36. The van der Waals surface area contributed by atoms with Crippen LogP contribution in [0.3, 0.4) is 0 Å². The standard InChI is InChI=1S/C13H10O3S2/c1-2-8(14)12(13(15)16)11-6-5-10(18-11)9-4-3-7-17-9/h1,3-8,12,14H,(H,15,16). The quantitative estimate of drug-likeness (QED) is 0.845. The summed E-state index contributed by atoms with van der Waals surface area (Å²) in [4.78, 5) is 13.8. The van der Waals surface area contributed by atoms with E-state index in [-0.39, 0.29) is 0 Å². The van der Waals surface area contributed by atoms with Crippen molar-refractivity contribution in [3.05, 3.63) is 34.5 Å². The molecule has 2 aromatic heterocycles. The second-order valence-corrected chi connectivity index (χ2v) is 5.67. The topological polar surface area (TPSA) is 57.5 Å². The summed E-state index contributed by atoms with van der Waals surface area (Å²) in [5.74, 6) is -0.0996. The summed E-state index contributed by atoms with van der Waals surface area (Å²) in [5.41, 5.74) is 0. The number of aliphatic hydroxyl groups is 1. The summed E-state index contributed by atoms with van der Waals surface area (Å²) in [6.07, 6.45) is 3.78. The van der Waals surface area contributed by atoms with Gasteiger partial charge in [-0.05, 0) is 23.6 Å². The second-order valence-electron chi connectivity index (χ2n) is 3.61. The zero-order chi connectivity index (χ0) is 13.1. The number of rotatable bonds is 4. The Labute approximate surface area is 112 Å². The third-order valence-electron chi connectivity index (χ3n) is 2.45. The van der Waals surface area contributed by atoms with E-state index in [1.54, 1.807) is 17.4 Å². The molecule has 2 aromatic rings. The lowest BCUT2D eigenvalue weighted by atomic mass is 10.0. The molecule has 2 atom stereocenters. The summed E-state index contributed by atoms with van der Waals surface area (Å²) >= 11 is 2.93. The summed E-state index contributed by atoms with van der Waals surface area (Å²) in [6, 6.07) is 7.46. The predicted molar refractivity (Wildman–Crippen MR) is 72.8 cm³/mol. The lowest BCUT2D eigenvalue weighted by Crippen LogP contribution is -2.23. The van der Waals surface area contributed by atoms with Gasteiger partial charge in [-0.2, -0.15) is 0 Å². The molecular formula is C13H10O3S2. The number of hydrogen-bond donors (Lipinski definition) is 2. The molecule has 0 aromatic carbocycles. The van der Waals surface area contributed by atoms with Crippen LogP contribution in [-0.4, -0.2) is 22.3 Å². The SMILES string of the molecule is C#CC(O)C(C(=O)O)c1ccc(-c2cccs2)s1. The van der Waals surface area contributed by atoms with E-state index < -0.39 is 18.0 Å². The smallest absolute Gasteiger partial charge is 0.315 e. The molecule has 0 saturated carbocycles. The number of hydrogen-bond acceptors (Lipinski definition) is 4. The molecule has 0 aliphatic heterocycles. The van der Waals surface area contributed by atoms with Crippen molar-refractivity contribution in [1.29, 1.82) is 0 Å². The molecule has 0 fully saturated rings. The van der Waals surface area contributed by atoms with Gasteiger partial charge in [0.1, 0.15) is 12.0 Å². The molecule has 2 heterocycles. The molecule has 3 nitrogen and oxygen atoms in total. The van der Waals surface area contributed by atoms with Crippen molar-refractivity contribution in [3.63, 3.8) is 0 Å². The molecule has 2 N–H and O–H groups in total. The van der Waals surface area contributed by atoms with Crippen LogP contribution in [0.2, 0.25) is 0 Å². The van der Waals surface area contributed by atoms with Gasteiger partial charge in [0, 0.05) is 14.6 Å². The van der Waals surface area contributed by atoms with E-state index in [2.05, 4.69) is 5.92 Å². The molecule has 0 saturated heterocycles. The van der Waals surface area contributed by atoms with Crippen molar-refractivity contribution in [2.45, 2.75) is 12.0 Å². The lowest BCUT2D eigenvalue weighted by molar-refractivity contribution is -0.140. The Hall–Kier alpha value is -1.61. The molecule has 0 amide bonds.